The lowest BCUT2D eigenvalue weighted by atomic mass is 10.1. The highest BCUT2D eigenvalue weighted by Crippen LogP contribution is 2.33. The number of benzene rings is 1. The minimum Gasteiger partial charge on any atom is -0.192 e. The lowest BCUT2D eigenvalue weighted by Crippen LogP contribution is -1.85. The van der Waals surface area contributed by atoms with E-state index in [9.17, 15) is 0 Å². The van der Waals surface area contributed by atoms with Gasteiger partial charge in [0.1, 0.15) is 12.1 Å². The van der Waals surface area contributed by atoms with Crippen LogP contribution < -0.4 is 0 Å². The van der Waals surface area contributed by atoms with Gasteiger partial charge in [0.25, 0.3) is 0 Å². The Labute approximate surface area is 89.9 Å². The summed E-state index contributed by atoms with van der Waals surface area (Å²) in [5.74, 6) is 0. The van der Waals surface area contributed by atoms with E-state index in [0.29, 0.717) is 0 Å². The first-order valence-electron chi connectivity index (χ1n) is 3.09. The fourth-order valence-electron chi connectivity index (χ4n) is 0.779. The molecule has 0 amide bonds. The highest BCUT2D eigenvalue weighted by molar-refractivity contribution is 6.45. The van der Waals surface area contributed by atoms with Crippen LogP contribution in [0.5, 0.6) is 0 Å². The number of halogens is 3. The summed E-state index contributed by atoms with van der Waals surface area (Å²) in [6.45, 7) is 0. The van der Waals surface area contributed by atoms with Crippen molar-refractivity contribution < 1.29 is 0 Å². The minimum atomic E-state index is 0.0215. The highest BCUT2D eigenvalue weighted by atomic mass is 35.5. The van der Waals surface area contributed by atoms with Gasteiger partial charge in [-0.05, 0) is 6.07 Å². The van der Waals surface area contributed by atoms with Gasteiger partial charge in [0.05, 0.1) is 26.2 Å². The van der Waals surface area contributed by atoms with Crippen molar-refractivity contribution in [2.45, 2.75) is 0 Å². The number of hydrogen-bond donors (Lipinski definition) is 0. The zero-order chi connectivity index (χ0) is 10.0. The fourth-order valence-corrected chi connectivity index (χ4v) is 1.51. The molecule has 0 radical (unpaired) electrons. The number of rotatable bonds is 0. The molecule has 0 aliphatic heterocycles. The van der Waals surface area contributed by atoms with E-state index < -0.39 is 0 Å². The van der Waals surface area contributed by atoms with Crippen molar-refractivity contribution >= 4 is 34.8 Å². The third kappa shape index (κ3) is 1.71. The molecular formula is C8HCl3N2. The number of nitrogens with zero attached hydrogens (tertiary/aromatic N) is 2. The zero-order valence-electron chi connectivity index (χ0n) is 6.11. The topological polar surface area (TPSA) is 47.6 Å². The number of nitriles is 2. The molecule has 64 valence electrons. The Morgan fingerprint density at radius 3 is 2.08 bits per heavy atom. The fraction of sp³-hybridized carbons (Fsp3) is 0. The van der Waals surface area contributed by atoms with E-state index in [2.05, 4.69) is 0 Å². The van der Waals surface area contributed by atoms with Crippen molar-refractivity contribution in [3.8, 4) is 12.1 Å². The van der Waals surface area contributed by atoms with E-state index in [4.69, 9.17) is 45.3 Å². The van der Waals surface area contributed by atoms with Crippen LogP contribution in [-0.4, -0.2) is 0 Å². The normalized spacial score (nSPS) is 9.00. The van der Waals surface area contributed by atoms with Crippen LogP contribution in [0.15, 0.2) is 6.07 Å². The van der Waals surface area contributed by atoms with Gasteiger partial charge in [-0.15, -0.1) is 0 Å². The van der Waals surface area contributed by atoms with Crippen molar-refractivity contribution in [1.82, 2.24) is 0 Å². The molecule has 0 saturated heterocycles. The monoisotopic (exact) mass is 230 g/mol. The predicted octanol–water partition coefficient (Wildman–Crippen LogP) is 3.39. The smallest absolute Gasteiger partial charge is 0.102 e. The summed E-state index contributed by atoms with van der Waals surface area (Å²) >= 11 is 17.0. The summed E-state index contributed by atoms with van der Waals surface area (Å²) in [5.41, 5.74) is 0.253. The van der Waals surface area contributed by atoms with Crippen molar-refractivity contribution in [2.75, 3.05) is 0 Å². The van der Waals surface area contributed by atoms with Crippen LogP contribution in [0.4, 0.5) is 0 Å². The largest absolute Gasteiger partial charge is 0.192 e. The molecule has 0 N–H and O–H groups in total. The van der Waals surface area contributed by atoms with E-state index >= 15 is 0 Å². The molecule has 0 bridgehead atoms. The van der Waals surface area contributed by atoms with Crippen LogP contribution in [0.1, 0.15) is 11.1 Å². The summed E-state index contributed by atoms with van der Waals surface area (Å²) < 4.78 is 0. The quantitative estimate of drug-likeness (QED) is 0.643. The van der Waals surface area contributed by atoms with Gasteiger partial charge in [0.2, 0.25) is 0 Å². The zero-order valence-corrected chi connectivity index (χ0v) is 8.37. The summed E-state index contributed by atoms with van der Waals surface area (Å²) in [5, 5.41) is 17.4. The molecule has 1 rings (SSSR count). The Balaban J connectivity index is 3.60. The molecule has 0 fully saturated rings. The Morgan fingerprint density at radius 1 is 1.00 bits per heavy atom. The van der Waals surface area contributed by atoms with E-state index in [1.165, 1.54) is 6.07 Å². The molecule has 1 aromatic rings. The van der Waals surface area contributed by atoms with Crippen LogP contribution in [0.25, 0.3) is 0 Å². The molecule has 0 spiro atoms. The Hall–Kier alpha value is -0.930. The van der Waals surface area contributed by atoms with E-state index in [1.807, 2.05) is 6.07 Å². The van der Waals surface area contributed by atoms with E-state index in [0.717, 1.165) is 0 Å². The average molecular weight is 231 g/mol. The molecule has 2 nitrogen and oxygen atoms in total. The molecule has 0 aliphatic rings. The Morgan fingerprint density at radius 2 is 1.62 bits per heavy atom. The first-order valence-corrected chi connectivity index (χ1v) is 4.23. The third-order valence-electron chi connectivity index (χ3n) is 1.39. The lowest BCUT2D eigenvalue weighted by molar-refractivity contribution is 1.45. The maximum Gasteiger partial charge on any atom is 0.102 e. The Kier molecular flexibility index (Phi) is 3.01. The van der Waals surface area contributed by atoms with Crippen LogP contribution in [0.3, 0.4) is 0 Å². The summed E-state index contributed by atoms with van der Waals surface area (Å²) in [6, 6.07) is 4.93. The maximum atomic E-state index is 8.63. The van der Waals surface area contributed by atoms with Gasteiger partial charge in [-0.1, -0.05) is 34.8 Å². The van der Waals surface area contributed by atoms with Crippen molar-refractivity contribution in [3.63, 3.8) is 0 Å². The first-order chi connectivity index (χ1) is 6.11. The molecule has 0 atom stereocenters. The molecule has 0 unspecified atom stereocenters. The van der Waals surface area contributed by atoms with Gasteiger partial charge in [0, 0.05) is 0 Å². The van der Waals surface area contributed by atoms with Crippen LogP contribution in [-0.2, 0) is 0 Å². The predicted molar refractivity (Wildman–Crippen MR) is 50.9 cm³/mol. The molecule has 0 heterocycles. The van der Waals surface area contributed by atoms with Crippen molar-refractivity contribution in [2.24, 2.45) is 0 Å². The van der Waals surface area contributed by atoms with Gasteiger partial charge in [-0.2, -0.15) is 10.5 Å². The van der Waals surface area contributed by atoms with Gasteiger partial charge in [-0.25, -0.2) is 0 Å². The molecule has 13 heavy (non-hydrogen) atoms. The maximum absolute atomic E-state index is 8.63. The lowest BCUT2D eigenvalue weighted by Gasteiger charge is -2.02. The molecule has 0 aliphatic carbocycles. The first kappa shape index (κ1) is 10.2. The van der Waals surface area contributed by atoms with Gasteiger partial charge < -0.3 is 0 Å². The van der Waals surface area contributed by atoms with Gasteiger partial charge in [0.15, 0.2) is 0 Å². The highest BCUT2D eigenvalue weighted by Gasteiger charge is 2.13. The standard InChI is InChI=1S/C8HCl3N2/c9-6-1-4(2-12)7(10)8(11)5(6)3-13/h1H. The van der Waals surface area contributed by atoms with Crippen LogP contribution in [0.2, 0.25) is 15.1 Å². The second-order valence-corrected chi connectivity index (χ2v) is 3.30. The molecule has 0 saturated carbocycles. The summed E-state index contributed by atoms with van der Waals surface area (Å²) in [4.78, 5) is 0. The van der Waals surface area contributed by atoms with Crippen LogP contribution >= 0.6 is 34.8 Å². The molecule has 0 aromatic heterocycles. The second kappa shape index (κ2) is 3.85. The average Bonchev–Trinajstić information content (AvgIpc) is 2.12. The van der Waals surface area contributed by atoms with Crippen molar-refractivity contribution in [1.29, 1.82) is 10.5 Å². The molecule has 5 heteroatoms. The third-order valence-corrected chi connectivity index (χ3v) is 2.56. The van der Waals surface area contributed by atoms with E-state index in [-0.39, 0.29) is 26.2 Å². The second-order valence-electron chi connectivity index (χ2n) is 2.13. The van der Waals surface area contributed by atoms with E-state index in [1.54, 1.807) is 6.07 Å². The molecular weight excluding hydrogens is 230 g/mol. The molecule has 1 aromatic carbocycles. The summed E-state index contributed by atoms with van der Waals surface area (Å²) in [6.07, 6.45) is 0. The van der Waals surface area contributed by atoms with Crippen molar-refractivity contribution in [3.05, 3.63) is 32.3 Å². The van der Waals surface area contributed by atoms with Crippen LogP contribution in [0, 0.1) is 22.7 Å². The van der Waals surface area contributed by atoms with Gasteiger partial charge in [-0.3, -0.25) is 0 Å². The SMILES string of the molecule is N#Cc1cc(Cl)c(C#N)c(Cl)c1Cl. The summed E-state index contributed by atoms with van der Waals surface area (Å²) in [7, 11) is 0. The number of hydrogen-bond acceptors (Lipinski definition) is 2. The Bertz CT molecular complexity index is 440. The minimum absolute atomic E-state index is 0.0215. The van der Waals surface area contributed by atoms with Gasteiger partial charge >= 0.3 is 0 Å².